The smallest absolute Gasteiger partial charge is 0.173 e. The molecule has 0 fully saturated rings. The van der Waals surface area contributed by atoms with Gasteiger partial charge in [-0.1, -0.05) is 12.1 Å². The van der Waals surface area contributed by atoms with E-state index in [1.54, 1.807) is 17.4 Å². The van der Waals surface area contributed by atoms with Crippen LogP contribution in [0.25, 0.3) is 11.3 Å². The summed E-state index contributed by atoms with van der Waals surface area (Å²) in [5.41, 5.74) is 8.94. The second-order valence-electron chi connectivity index (χ2n) is 7.18. The molecule has 1 aliphatic rings. The molecule has 4 nitrogen and oxygen atoms in total. The van der Waals surface area contributed by atoms with Crippen molar-refractivity contribution >= 4 is 33.0 Å². The lowest BCUT2D eigenvalue weighted by Gasteiger charge is -2.13. The van der Waals surface area contributed by atoms with Crippen molar-refractivity contribution in [2.24, 2.45) is 11.7 Å². The van der Waals surface area contributed by atoms with Gasteiger partial charge in [-0.15, -0.1) is 11.3 Å². The Morgan fingerprint density at radius 1 is 1.39 bits per heavy atom. The van der Waals surface area contributed by atoms with Crippen LogP contribution in [0, 0.1) is 11.7 Å². The highest BCUT2D eigenvalue weighted by Crippen LogP contribution is 2.39. The van der Waals surface area contributed by atoms with Crippen molar-refractivity contribution in [2.45, 2.75) is 32.2 Å². The van der Waals surface area contributed by atoms with Gasteiger partial charge >= 0.3 is 0 Å². The quantitative estimate of drug-likeness (QED) is 0.533. The minimum atomic E-state index is -0.260. The number of hydrogen-bond donors (Lipinski definition) is 1. The molecule has 7 heteroatoms. The minimum absolute atomic E-state index is 0.00605. The van der Waals surface area contributed by atoms with Crippen molar-refractivity contribution in [3.8, 4) is 11.3 Å². The first-order valence-corrected chi connectivity index (χ1v) is 11.0. The zero-order valence-electron chi connectivity index (χ0n) is 15.3. The second-order valence-corrected chi connectivity index (χ2v) is 9.17. The fourth-order valence-corrected chi connectivity index (χ4v) is 5.40. The van der Waals surface area contributed by atoms with Gasteiger partial charge in [0.25, 0.3) is 0 Å². The third kappa shape index (κ3) is 3.97. The van der Waals surface area contributed by atoms with E-state index in [0.29, 0.717) is 19.4 Å². The Morgan fingerprint density at radius 2 is 2.25 bits per heavy atom. The van der Waals surface area contributed by atoms with Crippen LogP contribution in [0.1, 0.15) is 33.0 Å². The SMILES string of the molecule is NC[C@@H](CC(=O)c1cc2c(s1)CCCn1ncc(Br)c1-2)Cc1cccc(F)c1. The van der Waals surface area contributed by atoms with Gasteiger partial charge in [0.05, 0.1) is 21.2 Å². The lowest BCUT2D eigenvalue weighted by Crippen LogP contribution is -2.20. The van der Waals surface area contributed by atoms with Crippen molar-refractivity contribution < 1.29 is 9.18 Å². The predicted molar refractivity (Wildman–Crippen MR) is 113 cm³/mol. The second kappa shape index (κ2) is 8.27. The molecule has 1 aliphatic heterocycles. The van der Waals surface area contributed by atoms with Crippen LogP contribution in [-0.4, -0.2) is 22.1 Å². The fourth-order valence-electron chi connectivity index (χ4n) is 3.74. The molecule has 0 saturated heterocycles. The Kier molecular flexibility index (Phi) is 5.75. The summed E-state index contributed by atoms with van der Waals surface area (Å²) in [4.78, 5) is 15.0. The van der Waals surface area contributed by atoms with E-state index in [1.165, 1.54) is 17.0 Å². The number of thiophene rings is 1. The van der Waals surface area contributed by atoms with E-state index in [0.717, 1.165) is 45.6 Å². The Balaban J connectivity index is 1.54. The third-order valence-corrected chi connectivity index (χ3v) is 6.94. The van der Waals surface area contributed by atoms with Gasteiger partial charge in [0.15, 0.2) is 5.78 Å². The molecule has 0 saturated carbocycles. The van der Waals surface area contributed by atoms with Gasteiger partial charge in [-0.25, -0.2) is 4.39 Å². The molecule has 1 aromatic carbocycles. The van der Waals surface area contributed by atoms with Crippen LogP contribution in [0.5, 0.6) is 0 Å². The molecule has 0 amide bonds. The standard InChI is InChI=1S/C21H21BrFN3OS/c22-17-12-25-26-6-2-5-19-16(21(17)26)10-20(28-19)18(27)9-14(11-24)7-13-3-1-4-15(23)8-13/h1,3-4,8,10,12,14H,2,5-7,9,11,24H2/t14-/m1/s1. The molecule has 0 unspecified atom stereocenters. The topological polar surface area (TPSA) is 60.9 Å². The number of fused-ring (bicyclic) bond motifs is 3. The number of benzene rings is 1. The Labute approximate surface area is 175 Å². The molecule has 0 aliphatic carbocycles. The van der Waals surface area contributed by atoms with E-state index < -0.39 is 0 Å². The number of rotatable bonds is 6. The average Bonchev–Trinajstić information content (AvgIpc) is 3.20. The Hall–Kier alpha value is -1.83. The maximum atomic E-state index is 13.4. The van der Waals surface area contributed by atoms with E-state index >= 15 is 0 Å². The first kappa shape index (κ1) is 19.5. The van der Waals surface area contributed by atoms with E-state index in [9.17, 15) is 9.18 Å². The lowest BCUT2D eigenvalue weighted by molar-refractivity contribution is 0.0966. The van der Waals surface area contributed by atoms with Crippen molar-refractivity contribution in [2.75, 3.05) is 6.54 Å². The van der Waals surface area contributed by atoms with Crippen LogP contribution in [0.2, 0.25) is 0 Å². The highest BCUT2D eigenvalue weighted by Gasteiger charge is 2.24. The van der Waals surface area contributed by atoms with Gasteiger partial charge < -0.3 is 5.73 Å². The average molecular weight is 462 g/mol. The molecule has 2 N–H and O–H groups in total. The minimum Gasteiger partial charge on any atom is -0.330 e. The number of aromatic nitrogens is 2. The van der Waals surface area contributed by atoms with Crippen LogP contribution in [0.4, 0.5) is 4.39 Å². The fraction of sp³-hybridized carbons (Fsp3) is 0.333. The molecule has 1 atom stereocenters. The summed E-state index contributed by atoms with van der Waals surface area (Å²) >= 11 is 5.17. The summed E-state index contributed by atoms with van der Waals surface area (Å²) in [6.45, 7) is 1.28. The van der Waals surface area contributed by atoms with Crippen molar-refractivity contribution in [3.05, 3.63) is 62.1 Å². The first-order chi connectivity index (χ1) is 13.5. The highest BCUT2D eigenvalue weighted by molar-refractivity contribution is 9.10. The maximum Gasteiger partial charge on any atom is 0.173 e. The van der Waals surface area contributed by atoms with Gasteiger partial charge in [-0.2, -0.15) is 5.10 Å². The number of Topliss-reactive ketones (excluding diaryl/α,β-unsaturated/α-hetero) is 1. The number of hydrogen-bond acceptors (Lipinski definition) is 4. The first-order valence-electron chi connectivity index (χ1n) is 9.37. The molecule has 28 heavy (non-hydrogen) atoms. The number of nitrogens with two attached hydrogens (primary N) is 1. The van der Waals surface area contributed by atoms with E-state index in [-0.39, 0.29) is 17.5 Å². The lowest BCUT2D eigenvalue weighted by atomic mass is 9.93. The molecule has 3 heterocycles. The Morgan fingerprint density at radius 3 is 3.04 bits per heavy atom. The highest BCUT2D eigenvalue weighted by atomic mass is 79.9. The molecule has 3 aromatic rings. The number of carbonyl (C=O) groups is 1. The zero-order chi connectivity index (χ0) is 19.7. The van der Waals surface area contributed by atoms with Crippen molar-refractivity contribution in [1.29, 1.82) is 0 Å². The summed E-state index contributed by atoms with van der Waals surface area (Å²) < 4.78 is 16.4. The summed E-state index contributed by atoms with van der Waals surface area (Å²) in [6.07, 6.45) is 4.74. The summed E-state index contributed by atoms with van der Waals surface area (Å²) in [5, 5.41) is 4.43. The van der Waals surface area contributed by atoms with Gasteiger partial charge in [0, 0.05) is 23.4 Å². The normalized spacial score (nSPS) is 14.2. The number of halogens is 2. The molecule has 0 bridgehead atoms. The summed E-state index contributed by atoms with van der Waals surface area (Å²) in [7, 11) is 0. The molecule has 0 spiro atoms. The van der Waals surface area contributed by atoms with Gasteiger partial charge in [-0.05, 0) is 71.4 Å². The molecular weight excluding hydrogens is 441 g/mol. The van der Waals surface area contributed by atoms with E-state index in [4.69, 9.17) is 5.73 Å². The predicted octanol–water partition coefficient (Wildman–Crippen LogP) is 4.85. The molecule has 146 valence electrons. The van der Waals surface area contributed by atoms with Gasteiger partial charge in [0.1, 0.15) is 5.82 Å². The monoisotopic (exact) mass is 461 g/mol. The zero-order valence-corrected chi connectivity index (χ0v) is 17.7. The van der Waals surface area contributed by atoms with Crippen LogP contribution in [-0.2, 0) is 19.4 Å². The van der Waals surface area contributed by atoms with Crippen LogP contribution < -0.4 is 5.73 Å². The van der Waals surface area contributed by atoms with E-state index in [2.05, 4.69) is 21.0 Å². The van der Waals surface area contributed by atoms with Gasteiger partial charge in [0.2, 0.25) is 0 Å². The molecule has 2 aromatic heterocycles. The summed E-state index contributed by atoms with van der Waals surface area (Å²) in [5.74, 6) is -0.163. The van der Waals surface area contributed by atoms with Crippen LogP contribution in [0.3, 0.4) is 0 Å². The van der Waals surface area contributed by atoms with Crippen molar-refractivity contribution in [1.82, 2.24) is 9.78 Å². The number of nitrogens with zero attached hydrogens (tertiary/aromatic N) is 2. The maximum absolute atomic E-state index is 13.4. The van der Waals surface area contributed by atoms with Crippen LogP contribution >= 0.6 is 27.3 Å². The third-order valence-electron chi connectivity index (χ3n) is 5.13. The summed E-state index contributed by atoms with van der Waals surface area (Å²) in [6, 6.07) is 8.51. The van der Waals surface area contributed by atoms with E-state index in [1.807, 2.05) is 23.0 Å². The number of aryl methyl sites for hydroxylation is 2. The number of carbonyl (C=O) groups excluding carboxylic acids is 1. The molecular formula is C21H21BrFN3OS. The Bertz CT molecular complexity index is 1010. The van der Waals surface area contributed by atoms with Crippen LogP contribution in [0.15, 0.2) is 41.0 Å². The van der Waals surface area contributed by atoms with Gasteiger partial charge in [-0.3, -0.25) is 9.48 Å². The van der Waals surface area contributed by atoms with Crippen molar-refractivity contribution in [3.63, 3.8) is 0 Å². The number of ketones is 1. The molecule has 4 rings (SSSR count). The largest absolute Gasteiger partial charge is 0.330 e. The molecule has 0 radical (unpaired) electrons.